The first kappa shape index (κ1) is 27.3. The van der Waals surface area contributed by atoms with Gasteiger partial charge in [0.1, 0.15) is 12.1 Å². The van der Waals surface area contributed by atoms with Gasteiger partial charge in [-0.1, -0.05) is 32.0 Å². The number of H-pyrrole nitrogens is 1. The van der Waals surface area contributed by atoms with Gasteiger partial charge in [0.25, 0.3) is 0 Å². The first-order valence-corrected chi connectivity index (χ1v) is 11.1. The zero-order valence-corrected chi connectivity index (χ0v) is 19.5. The Hall–Kier alpha value is -3.93. The molecule has 8 N–H and O–H groups in total. The van der Waals surface area contributed by atoms with Crippen LogP contribution < -0.4 is 21.7 Å². The molecule has 0 saturated heterocycles. The molecular weight excluding hydrogens is 458 g/mol. The van der Waals surface area contributed by atoms with Gasteiger partial charge < -0.3 is 36.9 Å². The van der Waals surface area contributed by atoms with Gasteiger partial charge in [0.2, 0.25) is 17.7 Å². The summed E-state index contributed by atoms with van der Waals surface area (Å²) in [7, 11) is 0. The Morgan fingerprint density at radius 2 is 1.71 bits per heavy atom. The summed E-state index contributed by atoms with van der Waals surface area (Å²) in [5, 5.41) is 26.1. The third-order valence-electron chi connectivity index (χ3n) is 5.40. The molecule has 2 aromatic rings. The molecule has 0 aliphatic rings. The van der Waals surface area contributed by atoms with Gasteiger partial charge >= 0.3 is 11.9 Å². The fourth-order valence-corrected chi connectivity index (χ4v) is 3.47. The van der Waals surface area contributed by atoms with Gasteiger partial charge in [0, 0.05) is 23.5 Å². The summed E-state index contributed by atoms with van der Waals surface area (Å²) >= 11 is 0. The summed E-state index contributed by atoms with van der Waals surface area (Å²) in [6, 6.07) is 4.09. The Morgan fingerprint density at radius 3 is 2.34 bits per heavy atom. The average molecular weight is 490 g/mol. The van der Waals surface area contributed by atoms with Gasteiger partial charge in [0.15, 0.2) is 0 Å². The predicted octanol–water partition coefficient (Wildman–Crippen LogP) is -0.271. The van der Waals surface area contributed by atoms with Gasteiger partial charge in [0.05, 0.1) is 12.6 Å². The number of hydrogen-bond donors (Lipinski definition) is 7. The molecule has 190 valence electrons. The summed E-state index contributed by atoms with van der Waals surface area (Å²) < 4.78 is 0. The van der Waals surface area contributed by atoms with E-state index in [1.165, 1.54) is 0 Å². The van der Waals surface area contributed by atoms with Crippen LogP contribution in [0.15, 0.2) is 30.5 Å². The van der Waals surface area contributed by atoms with Crippen molar-refractivity contribution in [2.75, 3.05) is 6.54 Å². The lowest BCUT2D eigenvalue weighted by Crippen LogP contribution is -2.54. The Labute approximate surface area is 201 Å². The number of aromatic amines is 1. The maximum Gasteiger partial charge on any atom is 0.326 e. The van der Waals surface area contributed by atoms with Crippen molar-refractivity contribution in [3.8, 4) is 0 Å². The summed E-state index contributed by atoms with van der Waals surface area (Å²) in [6.45, 7) is 2.69. The van der Waals surface area contributed by atoms with E-state index in [2.05, 4.69) is 20.9 Å². The van der Waals surface area contributed by atoms with E-state index in [-0.39, 0.29) is 18.8 Å². The first-order chi connectivity index (χ1) is 16.5. The highest BCUT2D eigenvalue weighted by molar-refractivity contribution is 5.93. The standard InChI is InChI=1S/C23H31N5O7/c1-12(2)20(23(34)35)28-18(29)11-26-22(33)17(7-8-19(30)31)27-21(32)15(24)9-13-10-25-16-6-4-3-5-14(13)16/h3-6,10,12,15,17,20,25H,7-9,11,24H2,1-2H3,(H,26,33)(H,27,32)(H,28,29)(H,30,31)(H,34,35). The number of carbonyl (C=O) groups is 5. The number of fused-ring (bicyclic) bond motifs is 1. The Bertz CT molecular complexity index is 1080. The number of benzene rings is 1. The van der Waals surface area contributed by atoms with Crippen LogP contribution in [-0.4, -0.2) is 69.5 Å². The van der Waals surface area contributed by atoms with Crippen LogP contribution in [0, 0.1) is 5.92 Å². The second kappa shape index (κ2) is 12.5. The molecule has 35 heavy (non-hydrogen) atoms. The highest BCUT2D eigenvalue weighted by Crippen LogP contribution is 2.18. The molecule has 2 rings (SSSR count). The Balaban J connectivity index is 1.99. The van der Waals surface area contributed by atoms with Crippen LogP contribution in [0.3, 0.4) is 0 Å². The normalized spacial score (nSPS) is 13.6. The van der Waals surface area contributed by atoms with Crippen LogP contribution in [-0.2, 0) is 30.4 Å². The van der Waals surface area contributed by atoms with E-state index in [0.717, 1.165) is 16.5 Å². The van der Waals surface area contributed by atoms with Crippen molar-refractivity contribution in [3.05, 3.63) is 36.0 Å². The van der Waals surface area contributed by atoms with Crippen LogP contribution in [0.2, 0.25) is 0 Å². The molecule has 3 atom stereocenters. The van der Waals surface area contributed by atoms with E-state index in [0.29, 0.717) is 0 Å². The third kappa shape index (κ3) is 8.10. The maximum absolute atomic E-state index is 12.7. The number of aromatic nitrogens is 1. The number of aliphatic carboxylic acids is 2. The van der Waals surface area contributed by atoms with Gasteiger partial charge in [-0.05, 0) is 30.4 Å². The van der Waals surface area contributed by atoms with E-state index in [4.69, 9.17) is 15.9 Å². The topological polar surface area (TPSA) is 204 Å². The van der Waals surface area contributed by atoms with E-state index >= 15 is 0 Å². The molecule has 3 unspecified atom stereocenters. The highest BCUT2D eigenvalue weighted by Gasteiger charge is 2.27. The number of carboxylic acid groups (broad SMARTS) is 2. The molecular formula is C23H31N5O7. The molecule has 0 fully saturated rings. The average Bonchev–Trinajstić information content (AvgIpc) is 3.20. The molecule has 1 heterocycles. The van der Waals surface area contributed by atoms with Crippen LogP contribution in [0.25, 0.3) is 10.9 Å². The Morgan fingerprint density at radius 1 is 1.03 bits per heavy atom. The zero-order valence-electron chi connectivity index (χ0n) is 19.5. The third-order valence-corrected chi connectivity index (χ3v) is 5.40. The van der Waals surface area contributed by atoms with Crippen molar-refractivity contribution in [1.82, 2.24) is 20.9 Å². The van der Waals surface area contributed by atoms with Crippen molar-refractivity contribution < 1.29 is 34.2 Å². The number of carboxylic acids is 2. The largest absolute Gasteiger partial charge is 0.481 e. The van der Waals surface area contributed by atoms with E-state index in [1.54, 1.807) is 20.0 Å². The lowest BCUT2D eigenvalue weighted by Gasteiger charge is -2.21. The summed E-state index contributed by atoms with van der Waals surface area (Å²) in [6.07, 6.45) is 1.29. The lowest BCUT2D eigenvalue weighted by molar-refractivity contribution is -0.143. The van der Waals surface area contributed by atoms with Crippen LogP contribution in [0.1, 0.15) is 32.3 Å². The molecule has 0 bridgehead atoms. The molecule has 0 saturated carbocycles. The molecule has 1 aromatic heterocycles. The van der Waals surface area contributed by atoms with Crippen molar-refractivity contribution in [3.63, 3.8) is 0 Å². The minimum absolute atomic E-state index is 0.178. The SMILES string of the molecule is CC(C)C(NC(=O)CNC(=O)C(CCC(=O)O)NC(=O)C(N)Cc1c[nH]c2ccccc12)C(=O)O. The van der Waals surface area contributed by atoms with Gasteiger partial charge in [-0.2, -0.15) is 0 Å². The molecule has 0 aliphatic heterocycles. The van der Waals surface area contributed by atoms with E-state index < -0.39 is 60.8 Å². The maximum atomic E-state index is 12.7. The number of rotatable bonds is 13. The molecule has 0 radical (unpaired) electrons. The number of para-hydroxylation sites is 1. The lowest BCUT2D eigenvalue weighted by atomic mass is 10.0. The number of nitrogens with two attached hydrogens (primary N) is 1. The van der Waals surface area contributed by atoms with Crippen LogP contribution in [0.4, 0.5) is 0 Å². The highest BCUT2D eigenvalue weighted by atomic mass is 16.4. The van der Waals surface area contributed by atoms with Crippen molar-refractivity contribution >= 4 is 40.6 Å². The van der Waals surface area contributed by atoms with Crippen LogP contribution >= 0.6 is 0 Å². The van der Waals surface area contributed by atoms with Crippen molar-refractivity contribution in [1.29, 1.82) is 0 Å². The smallest absolute Gasteiger partial charge is 0.326 e. The second-order valence-corrected chi connectivity index (χ2v) is 8.51. The molecule has 1 aromatic carbocycles. The van der Waals surface area contributed by atoms with Gasteiger partial charge in [-0.25, -0.2) is 4.79 Å². The first-order valence-electron chi connectivity index (χ1n) is 11.1. The molecule has 3 amide bonds. The molecule has 0 aliphatic carbocycles. The second-order valence-electron chi connectivity index (χ2n) is 8.51. The monoisotopic (exact) mass is 489 g/mol. The van der Waals surface area contributed by atoms with Crippen molar-refractivity contribution in [2.45, 2.75) is 51.2 Å². The summed E-state index contributed by atoms with van der Waals surface area (Å²) in [5.41, 5.74) is 7.74. The van der Waals surface area contributed by atoms with Gasteiger partial charge in [-0.15, -0.1) is 0 Å². The molecule has 12 heteroatoms. The summed E-state index contributed by atoms with van der Waals surface area (Å²) in [4.78, 5) is 62.7. The Kier molecular flexibility index (Phi) is 9.76. The fraction of sp³-hybridized carbons (Fsp3) is 0.435. The minimum Gasteiger partial charge on any atom is -0.481 e. The number of amides is 3. The van der Waals surface area contributed by atoms with E-state index in [9.17, 15) is 24.0 Å². The number of carbonyl (C=O) groups excluding carboxylic acids is 3. The van der Waals surface area contributed by atoms with Gasteiger partial charge in [-0.3, -0.25) is 19.2 Å². The molecule has 12 nitrogen and oxygen atoms in total. The number of nitrogens with one attached hydrogen (secondary N) is 4. The van der Waals surface area contributed by atoms with Crippen molar-refractivity contribution in [2.24, 2.45) is 11.7 Å². The molecule has 0 spiro atoms. The van der Waals surface area contributed by atoms with E-state index in [1.807, 2.05) is 24.3 Å². The predicted molar refractivity (Wildman–Crippen MR) is 126 cm³/mol. The minimum atomic E-state index is -1.25. The fourth-order valence-electron chi connectivity index (χ4n) is 3.47. The zero-order chi connectivity index (χ0) is 26.1. The van der Waals surface area contributed by atoms with Crippen LogP contribution in [0.5, 0.6) is 0 Å². The quantitative estimate of drug-likeness (QED) is 0.199. The number of hydrogen-bond acceptors (Lipinski definition) is 6. The summed E-state index contributed by atoms with van der Waals surface area (Å²) in [5.74, 6) is -4.94.